The number of hydrogen-bond donors (Lipinski definition) is 1. The molecule has 0 atom stereocenters. The Morgan fingerprint density at radius 2 is 2.18 bits per heavy atom. The lowest BCUT2D eigenvalue weighted by molar-refractivity contribution is 0.101. The highest BCUT2D eigenvalue weighted by atomic mass is 16.3. The van der Waals surface area contributed by atoms with Gasteiger partial charge < -0.3 is 5.11 Å². The molecule has 0 fully saturated rings. The van der Waals surface area contributed by atoms with Gasteiger partial charge in [0.2, 0.25) is 0 Å². The number of Topliss-reactive ketones (excluding diaryl/α,β-unsaturated/α-hetero) is 1. The molecule has 1 rings (SSSR count). The summed E-state index contributed by atoms with van der Waals surface area (Å²) in [7, 11) is 5.40. The fourth-order valence-electron chi connectivity index (χ4n) is 0.836. The van der Waals surface area contributed by atoms with E-state index in [1.807, 2.05) is 0 Å². The number of ketones is 1. The third-order valence-electron chi connectivity index (χ3n) is 1.40. The highest BCUT2D eigenvalue weighted by molar-refractivity contribution is 6.32. The maximum atomic E-state index is 10.8. The Morgan fingerprint density at radius 1 is 1.55 bits per heavy atom. The largest absolute Gasteiger partial charge is 0.507 e. The van der Waals surface area contributed by atoms with Crippen molar-refractivity contribution in [1.82, 2.24) is 0 Å². The third kappa shape index (κ3) is 1.61. The number of carbonyl (C=O) groups is 1. The summed E-state index contributed by atoms with van der Waals surface area (Å²) < 4.78 is 0. The van der Waals surface area contributed by atoms with E-state index in [1.165, 1.54) is 19.1 Å². The van der Waals surface area contributed by atoms with E-state index in [9.17, 15) is 4.79 Å². The van der Waals surface area contributed by atoms with Crippen LogP contribution in [0.5, 0.6) is 5.75 Å². The maximum absolute atomic E-state index is 10.8. The van der Waals surface area contributed by atoms with Gasteiger partial charge in [-0.2, -0.15) is 0 Å². The van der Waals surface area contributed by atoms with Crippen LogP contribution in [0.1, 0.15) is 17.3 Å². The smallest absolute Gasteiger partial charge is 0.163 e. The number of phenolic OH excluding ortho intramolecular Hbond substituents is 1. The van der Waals surface area contributed by atoms with Gasteiger partial charge in [0.25, 0.3) is 0 Å². The summed E-state index contributed by atoms with van der Waals surface area (Å²) in [5, 5.41) is 9.13. The lowest BCUT2D eigenvalue weighted by Crippen LogP contribution is -2.05. The Labute approximate surface area is 66.3 Å². The molecule has 0 aliphatic heterocycles. The summed E-state index contributed by atoms with van der Waals surface area (Å²) in [6.07, 6.45) is 0. The van der Waals surface area contributed by atoms with Gasteiger partial charge in [-0.1, -0.05) is 17.6 Å². The zero-order chi connectivity index (χ0) is 8.43. The molecule has 0 aromatic heterocycles. The molecule has 0 heterocycles. The summed E-state index contributed by atoms with van der Waals surface area (Å²) in [4.78, 5) is 10.8. The molecule has 0 saturated heterocycles. The minimum Gasteiger partial charge on any atom is -0.507 e. The first-order valence-corrected chi connectivity index (χ1v) is 3.20. The summed E-state index contributed by atoms with van der Waals surface area (Å²) in [6, 6.07) is 4.41. The van der Waals surface area contributed by atoms with Crippen molar-refractivity contribution in [2.75, 3.05) is 0 Å². The van der Waals surface area contributed by atoms with Crippen molar-refractivity contribution in [3.8, 4) is 5.75 Å². The van der Waals surface area contributed by atoms with E-state index >= 15 is 0 Å². The molecular formula is C8H7BO2. The van der Waals surface area contributed by atoms with Crippen LogP contribution in [0.2, 0.25) is 0 Å². The van der Waals surface area contributed by atoms with Gasteiger partial charge in [-0.15, -0.1) is 0 Å². The Morgan fingerprint density at radius 3 is 2.64 bits per heavy atom. The number of hydrogen-bond acceptors (Lipinski definition) is 2. The maximum Gasteiger partial charge on any atom is 0.163 e. The van der Waals surface area contributed by atoms with Gasteiger partial charge in [0.1, 0.15) is 13.6 Å². The molecule has 1 aromatic carbocycles. The van der Waals surface area contributed by atoms with E-state index in [-0.39, 0.29) is 17.1 Å². The highest BCUT2D eigenvalue weighted by Gasteiger charge is 2.04. The predicted octanol–water partition coefficient (Wildman–Crippen LogP) is 0.389. The summed E-state index contributed by atoms with van der Waals surface area (Å²) >= 11 is 0. The second-order valence-corrected chi connectivity index (χ2v) is 2.33. The molecule has 0 aliphatic carbocycles. The first-order valence-electron chi connectivity index (χ1n) is 3.20. The number of benzene rings is 1. The number of carbonyl (C=O) groups excluding carboxylic acids is 1. The molecule has 2 radical (unpaired) electrons. The van der Waals surface area contributed by atoms with Gasteiger partial charge in [0.05, 0.1) is 5.56 Å². The first kappa shape index (κ1) is 7.86. The van der Waals surface area contributed by atoms with Gasteiger partial charge >= 0.3 is 0 Å². The standard InChI is InChI=1S/C8H7BO2/c1-5(10)7-4-6(9)2-3-8(7)11/h2-4,11H,1H3. The predicted molar refractivity (Wildman–Crippen MR) is 43.5 cm³/mol. The van der Waals surface area contributed by atoms with Crippen molar-refractivity contribution < 1.29 is 9.90 Å². The summed E-state index contributed by atoms with van der Waals surface area (Å²) in [5.41, 5.74) is 0.748. The molecule has 11 heavy (non-hydrogen) atoms. The highest BCUT2D eigenvalue weighted by Crippen LogP contribution is 2.13. The van der Waals surface area contributed by atoms with Crippen LogP contribution in [-0.2, 0) is 0 Å². The molecule has 0 unspecified atom stereocenters. The second kappa shape index (κ2) is 2.78. The van der Waals surface area contributed by atoms with Crippen molar-refractivity contribution >= 4 is 19.1 Å². The molecule has 3 heteroatoms. The molecular weight excluding hydrogens is 139 g/mol. The molecule has 0 spiro atoms. The zero-order valence-electron chi connectivity index (χ0n) is 6.16. The van der Waals surface area contributed by atoms with Crippen molar-refractivity contribution in [3.05, 3.63) is 23.8 Å². The van der Waals surface area contributed by atoms with E-state index in [2.05, 4.69) is 0 Å². The van der Waals surface area contributed by atoms with Crippen LogP contribution in [0.3, 0.4) is 0 Å². The number of phenols is 1. The van der Waals surface area contributed by atoms with Crippen LogP contribution in [0.15, 0.2) is 18.2 Å². The van der Waals surface area contributed by atoms with E-state index < -0.39 is 0 Å². The quantitative estimate of drug-likeness (QED) is 0.459. The molecule has 54 valence electrons. The molecule has 2 nitrogen and oxygen atoms in total. The van der Waals surface area contributed by atoms with Crippen LogP contribution >= 0.6 is 0 Å². The van der Waals surface area contributed by atoms with Crippen LogP contribution in [0, 0.1) is 0 Å². The fraction of sp³-hybridized carbons (Fsp3) is 0.125. The molecule has 0 bridgehead atoms. The van der Waals surface area contributed by atoms with Gasteiger partial charge in [0, 0.05) is 0 Å². The molecule has 0 aliphatic rings. The molecule has 1 N–H and O–H groups in total. The van der Waals surface area contributed by atoms with Crippen molar-refractivity contribution in [3.63, 3.8) is 0 Å². The lowest BCUT2D eigenvalue weighted by Gasteiger charge is -2.00. The minimum absolute atomic E-state index is 0.0216. The third-order valence-corrected chi connectivity index (χ3v) is 1.40. The lowest BCUT2D eigenvalue weighted by atomic mass is 9.93. The molecule has 0 saturated carbocycles. The van der Waals surface area contributed by atoms with Crippen LogP contribution in [0.4, 0.5) is 0 Å². The van der Waals surface area contributed by atoms with Gasteiger partial charge in [-0.25, -0.2) is 0 Å². The SMILES string of the molecule is [B]c1ccc(O)c(C(C)=O)c1. The molecule has 1 aromatic rings. The Balaban J connectivity index is 3.23. The number of aromatic hydroxyl groups is 1. The van der Waals surface area contributed by atoms with Crippen molar-refractivity contribution in [2.24, 2.45) is 0 Å². The van der Waals surface area contributed by atoms with Crippen LogP contribution in [-0.4, -0.2) is 18.7 Å². The summed E-state index contributed by atoms with van der Waals surface area (Å²) in [6.45, 7) is 1.38. The van der Waals surface area contributed by atoms with Gasteiger partial charge in [-0.05, 0) is 13.0 Å². The molecule has 0 amide bonds. The average molecular weight is 146 g/mol. The van der Waals surface area contributed by atoms with E-state index in [0.29, 0.717) is 5.46 Å². The van der Waals surface area contributed by atoms with E-state index in [0.717, 1.165) is 0 Å². The monoisotopic (exact) mass is 146 g/mol. The van der Waals surface area contributed by atoms with Crippen molar-refractivity contribution in [2.45, 2.75) is 6.92 Å². The van der Waals surface area contributed by atoms with Crippen LogP contribution in [0.25, 0.3) is 0 Å². The minimum atomic E-state index is -0.185. The Kier molecular flexibility index (Phi) is 1.99. The Bertz CT molecular complexity index is 294. The van der Waals surface area contributed by atoms with Crippen LogP contribution < -0.4 is 5.46 Å². The van der Waals surface area contributed by atoms with E-state index in [1.54, 1.807) is 6.07 Å². The Hall–Kier alpha value is -1.25. The van der Waals surface area contributed by atoms with Gasteiger partial charge in [-0.3, -0.25) is 4.79 Å². The zero-order valence-corrected chi connectivity index (χ0v) is 6.16. The average Bonchev–Trinajstić information content (AvgIpc) is 1.94. The second-order valence-electron chi connectivity index (χ2n) is 2.33. The topological polar surface area (TPSA) is 37.3 Å². The first-order chi connectivity index (χ1) is 5.11. The normalized spacial score (nSPS) is 9.55. The fourth-order valence-corrected chi connectivity index (χ4v) is 0.836. The number of rotatable bonds is 1. The van der Waals surface area contributed by atoms with E-state index in [4.69, 9.17) is 13.0 Å². The van der Waals surface area contributed by atoms with Gasteiger partial charge in [0.15, 0.2) is 5.78 Å². The van der Waals surface area contributed by atoms with Crippen molar-refractivity contribution in [1.29, 1.82) is 0 Å². The summed E-state index contributed by atoms with van der Waals surface area (Å²) in [5.74, 6) is -0.207.